The molecule has 4 heteroatoms. The first-order valence-electron chi connectivity index (χ1n) is 8.91. The summed E-state index contributed by atoms with van der Waals surface area (Å²) in [6.07, 6.45) is 4.69. The summed E-state index contributed by atoms with van der Waals surface area (Å²) < 4.78 is 10.7. The molecule has 0 radical (unpaired) electrons. The van der Waals surface area contributed by atoms with E-state index in [2.05, 4.69) is 54.3 Å². The van der Waals surface area contributed by atoms with Crippen molar-refractivity contribution in [3.8, 4) is 5.75 Å². The SMILES string of the molecule is COc1ccc(C2CCN(Cc3ccoc3)c3ccccc3S2)cc1C. The van der Waals surface area contributed by atoms with Gasteiger partial charge in [0.05, 0.1) is 25.3 Å². The van der Waals surface area contributed by atoms with Crippen LogP contribution in [0, 0.1) is 6.92 Å². The predicted octanol–water partition coefficient (Wildman–Crippen LogP) is 5.84. The van der Waals surface area contributed by atoms with Crippen LogP contribution in [-0.4, -0.2) is 13.7 Å². The van der Waals surface area contributed by atoms with E-state index in [9.17, 15) is 0 Å². The minimum atomic E-state index is 0.440. The van der Waals surface area contributed by atoms with Crippen LogP contribution < -0.4 is 9.64 Å². The number of furan rings is 1. The average Bonchev–Trinajstić information content (AvgIpc) is 3.10. The number of hydrogen-bond donors (Lipinski definition) is 0. The Morgan fingerprint density at radius 3 is 2.85 bits per heavy atom. The largest absolute Gasteiger partial charge is 0.496 e. The molecule has 0 saturated carbocycles. The number of thioether (sulfide) groups is 1. The van der Waals surface area contributed by atoms with Gasteiger partial charge in [-0.15, -0.1) is 11.8 Å². The van der Waals surface area contributed by atoms with E-state index in [-0.39, 0.29) is 0 Å². The van der Waals surface area contributed by atoms with Gasteiger partial charge in [-0.3, -0.25) is 0 Å². The van der Waals surface area contributed by atoms with Gasteiger partial charge in [-0.05, 0) is 48.7 Å². The molecule has 0 fully saturated rings. The molecule has 0 aliphatic carbocycles. The molecule has 1 unspecified atom stereocenters. The van der Waals surface area contributed by atoms with Gasteiger partial charge in [0.1, 0.15) is 5.75 Å². The van der Waals surface area contributed by atoms with Crippen molar-refractivity contribution >= 4 is 17.4 Å². The lowest BCUT2D eigenvalue weighted by molar-refractivity contribution is 0.411. The third kappa shape index (κ3) is 3.47. The molecule has 0 N–H and O–H groups in total. The molecule has 134 valence electrons. The fourth-order valence-corrected chi connectivity index (χ4v) is 4.82. The smallest absolute Gasteiger partial charge is 0.121 e. The van der Waals surface area contributed by atoms with Crippen molar-refractivity contribution < 1.29 is 9.15 Å². The summed E-state index contributed by atoms with van der Waals surface area (Å²) in [6.45, 7) is 4.01. The van der Waals surface area contributed by atoms with E-state index >= 15 is 0 Å². The van der Waals surface area contributed by atoms with Gasteiger partial charge in [0.2, 0.25) is 0 Å². The Bertz CT molecular complexity index is 876. The Morgan fingerprint density at radius 2 is 2.08 bits per heavy atom. The number of hydrogen-bond acceptors (Lipinski definition) is 4. The summed E-state index contributed by atoms with van der Waals surface area (Å²) >= 11 is 1.96. The van der Waals surface area contributed by atoms with Crippen molar-refractivity contribution in [3.05, 3.63) is 77.7 Å². The molecule has 2 aromatic carbocycles. The molecule has 4 rings (SSSR count). The Kier molecular flexibility index (Phi) is 4.93. The quantitative estimate of drug-likeness (QED) is 0.580. The van der Waals surface area contributed by atoms with Crippen LogP contribution in [0.25, 0.3) is 0 Å². The second kappa shape index (κ2) is 7.50. The highest BCUT2D eigenvalue weighted by Gasteiger charge is 2.23. The van der Waals surface area contributed by atoms with Crippen LogP contribution in [0.15, 0.2) is 70.4 Å². The van der Waals surface area contributed by atoms with Crippen LogP contribution in [0.2, 0.25) is 0 Å². The van der Waals surface area contributed by atoms with Gasteiger partial charge >= 0.3 is 0 Å². The van der Waals surface area contributed by atoms with E-state index in [0.29, 0.717) is 5.25 Å². The van der Waals surface area contributed by atoms with Crippen molar-refractivity contribution in [3.63, 3.8) is 0 Å². The zero-order valence-corrected chi connectivity index (χ0v) is 16.0. The normalized spacial score (nSPS) is 16.8. The van der Waals surface area contributed by atoms with Crippen molar-refractivity contribution in [2.24, 2.45) is 0 Å². The first kappa shape index (κ1) is 17.1. The van der Waals surface area contributed by atoms with Gasteiger partial charge in [0.15, 0.2) is 0 Å². The average molecular weight is 365 g/mol. The van der Waals surface area contributed by atoms with Crippen LogP contribution in [0.1, 0.15) is 28.4 Å². The van der Waals surface area contributed by atoms with Gasteiger partial charge in [-0.2, -0.15) is 0 Å². The minimum Gasteiger partial charge on any atom is -0.496 e. The van der Waals surface area contributed by atoms with E-state index in [1.807, 2.05) is 24.1 Å². The summed E-state index contributed by atoms with van der Waals surface area (Å²) in [6, 6.07) is 17.3. The monoisotopic (exact) mass is 365 g/mol. The lowest BCUT2D eigenvalue weighted by atomic mass is 10.1. The van der Waals surface area contributed by atoms with Crippen molar-refractivity contribution in [2.45, 2.75) is 30.0 Å². The Morgan fingerprint density at radius 1 is 1.19 bits per heavy atom. The number of para-hydroxylation sites is 1. The van der Waals surface area contributed by atoms with Gasteiger partial charge < -0.3 is 14.1 Å². The number of fused-ring (bicyclic) bond motifs is 1. The molecule has 3 aromatic rings. The molecule has 26 heavy (non-hydrogen) atoms. The lowest BCUT2D eigenvalue weighted by Crippen LogP contribution is -2.23. The molecular weight excluding hydrogens is 342 g/mol. The standard InChI is InChI=1S/C22H23NO2S/c1-16-13-18(7-8-20(16)24-2)21-9-11-23(14-17-10-12-25-15-17)19-5-3-4-6-22(19)26-21/h3-8,10,12-13,15,21H,9,11,14H2,1-2H3. The molecule has 2 heterocycles. The number of aryl methyl sites for hydroxylation is 1. The number of methoxy groups -OCH3 is 1. The molecule has 3 nitrogen and oxygen atoms in total. The highest BCUT2D eigenvalue weighted by molar-refractivity contribution is 7.99. The summed E-state index contributed by atoms with van der Waals surface area (Å²) in [4.78, 5) is 3.80. The van der Waals surface area contributed by atoms with Gasteiger partial charge in [0.25, 0.3) is 0 Å². The number of nitrogens with zero attached hydrogens (tertiary/aromatic N) is 1. The molecule has 0 bridgehead atoms. The topological polar surface area (TPSA) is 25.6 Å². The molecule has 1 aliphatic heterocycles. The van der Waals surface area contributed by atoms with Crippen LogP contribution in [0.4, 0.5) is 5.69 Å². The molecule has 1 aromatic heterocycles. The third-order valence-electron chi connectivity index (χ3n) is 4.88. The summed E-state index contributed by atoms with van der Waals surface area (Å²) in [5, 5.41) is 0.440. The summed E-state index contributed by atoms with van der Waals surface area (Å²) in [5.74, 6) is 0.953. The first-order chi connectivity index (χ1) is 12.7. The summed E-state index contributed by atoms with van der Waals surface area (Å²) in [5.41, 5.74) is 5.08. The fraction of sp³-hybridized carbons (Fsp3) is 0.273. The predicted molar refractivity (Wildman–Crippen MR) is 107 cm³/mol. The van der Waals surface area contributed by atoms with E-state index in [1.54, 1.807) is 13.4 Å². The maximum atomic E-state index is 5.42. The van der Waals surface area contributed by atoms with Gasteiger partial charge in [0, 0.05) is 28.8 Å². The number of rotatable bonds is 4. The molecule has 1 atom stereocenters. The highest BCUT2D eigenvalue weighted by atomic mass is 32.2. The van der Waals surface area contributed by atoms with E-state index < -0.39 is 0 Å². The van der Waals surface area contributed by atoms with E-state index in [0.717, 1.165) is 25.3 Å². The Labute approximate surface area is 159 Å². The second-order valence-electron chi connectivity index (χ2n) is 6.65. The van der Waals surface area contributed by atoms with E-state index in [1.165, 1.54) is 27.3 Å². The van der Waals surface area contributed by atoms with Crippen LogP contribution in [0.3, 0.4) is 0 Å². The fourth-order valence-electron chi connectivity index (χ4n) is 3.53. The Balaban J connectivity index is 1.63. The zero-order valence-electron chi connectivity index (χ0n) is 15.1. The van der Waals surface area contributed by atoms with Crippen molar-refractivity contribution in [1.29, 1.82) is 0 Å². The molecule has 1 aliphatic rings. The van der Waals surface area contributed by atoms with Crippen molar-refractivity contribution in [1.82, 2.24) is 0 Å². The van der Waals surface area contributed by atoms with Crippen LogP contribution in [0.5, 0.6) is 5.75 Å². The third-order valence-corrected chi connectivity index (χ3v) is 6.27. The Hall–Kier alpha value is -2.33. The number of anilines is 1. The summed E-state index contributed by atoms with van der Waals surface area (Å²) in [7, 11) is 1.73. The van der Waals surface area contributed by atoms with Crippen LogP contribution in [-0.2, 0) is 6.54 Å². The van der Waals surface area contributed by atoms with Crippen molar-refractivity contribution in [2.75, 3.05) is 18.6 Å². The highest BCUT2D eigenvalue weighted by Crippen LogP contribution is 2.45. The number of benzene rings is 2. The molecule has 0 amide bonds. The number of ether oxygens (including phenoxy) is 1. The van der Waals surface area contributed by atoms with E-state index in [4.69, 9.17) is 9.15 Å². The maximum Gasteiger partial charge on any atom is 0.121 e. The molecular formula is C22H23NO2S. The lowest BCUT2D eigenvalue weighted by Gasteiger charge is -2.24. The van der Waals surface area contributed by atoms with Crippen LogP contribution >= 0.6 is 11.8 Å². The molecule has 0 spiro atoms. The first-order valence-corrected chi connectivity index (χ1v) is 9.79. The second-order valence-corrected chi connectivity index (χ2v) is 7.89. The minimum absolute atomic E-state index is 0.440. The van der Waals surface area contributed by atoms with Gasteiger partial charge in [-0.1, -0.05) is 24.3 Å². The van der Waals surface area contributed by atoms with Gasteiger partial charge in [-0.25, -0.2) is 0 Å². The zero-order chi connectivity index (χ0) is 17.9. The molecule has 0 saturated heterocycles. The maximum absolute atomic E-state index is 5.42.